The topological polar surface area (TPSA) is 41.8 Å². The number of hydrogen-bond acceptors (Lipinski definition) is 3. The minimum Gasteiger partial charge on any atom is -0.494 e. The van der Waals surface area contributed by atoms with E-state index in [0.29, 0.717) is 12.1 Å². The molecule has 0 atom stereocenters. The first-order valence-electron chi connectivity index (χ1n) is 5.26. The summed E-state index contributed by atoms with van der Waals surface area (Å²) in [7, 11) is 0. The van der Waals surface area contributed by atoms with Gasteiger partial charge in [0, 0.05) is 0 Å². The highest BCUT2D eigenvalue weighted by molar-refractivity contribution is 6.00. The van der Waals surface area contributed by atoms with Crippen molar-refractivity contribution in [1.82, 2.24) is 0 Å². The van der Waals surface area contributed by atoms with Crippen LogP contribution in [0, 0.1) is 0 Å². The molecule has 3 heteroatoms. The van der Waals surface area contributed by atoms with E-state index in [4.69, 9.17) is 9.94 Å². The third-order valence-electron chi connectivity index (χ3n) is 2.12. The van der Waals surface area contributed by atoms with E-state index < -0.39 is 0 Å². The lowest BCUT2D eigenvalue weighted by Crippen LogP contribution is -1.99. The molecule has 0 aliphatic heterocycles. The second-order valence-electron chi connectivity index (χ2n) is 3.27. The van der Waals surface area contributed by atoms with E-state index in [1.165, 1.54) is 0 Å². The molecular weight excluding hydrogens is 190 g/mol. The number of oxime groups is 1. The number of nitrogens with zero attached hydrogens (tertiary/aromatic N) is 1. The molecule has 15 heavy (non-hydrogen) atoms. The average Bonchev–Trinajstić information content (AvgIpc) is 2.29. The molecule has 1 aromatic carbocycles. The van der Waals surface area contributed by atoms with Crippen LogP contribution in [0.1, 0.15) is 32.3 Å². The van der Waals surface area contributed by atoms with Crippen molar-refractivity contribution in [3.63, 3.8) is 0 Å². The molecule has 3 nitrogen and oxygen atoms in total. The molecule has 0 unspecified atom stereocenters. The number of ether oxygens (including phenoxy) is 1. The Bertz CT molecular complexity index is 317. The molecule has 1 N–H and O–H groups in total. The molecule has 0 saturated heterocycles. The Labute approximate surface area is 90.4 Å². The molecule has 82 valence electrons. The fraction of sp³-hybridized carbons (Fsp3) is 0.417. The molecular formula is C12H17NO2. The van der Waals surface area contributed by atoms with Crippen LogP contribution < -0.4 is 4.74 Å². The molecule has 0 aliphatic carbocycles. The van der Waals surface area contributed by atoms with Crippen molar-refractivity contribution < 1.29 is 9.94 Å². The second-order valence-corrected chi connectivity index (χ2v) is 3.27. The minimum absolute atomic E-state index is 0.692. The van der Waals surface area contributed by atoms with Crippen LogP contribution in [-0.4, -0.2) is 17.5 Å². The van der Waals surface area contributed by atoms with Gasteiger partial charge in [-0.2, -0.15) is 0 Å². The van der Waals surface area contributed by atoms with Crippen molar-refractivity contribution >= 4 is 5.71 Å². The highest BCUT2D eigenvalue weighted by atomic mass is 16.5. The van der Waals surface area contributed by atoms with Gasteiger partial charge in [0.25, 0.3) is 0 Å². The quantitative estimate of drug-likeness (QED) is 0.458. The molecule has 1 aromatic rings. The fourth-order valence-electron chi connectivity index (χ4n) is 1.30. The second kappa shape index (κ2) is 6.06. The van der Waals surface area contributed by atoms with Gasteiger partial charge in [0.05, 0.1) is 12.3 Å². The summed E-state index contributed by atoms with van der Waals surface area (Å²) in [5.74, 6) is 0.856. The van der Waals surface area contributed by atoms with E-state index >= 15 is 0 Å². The normalized spacial score (nSPS) is 11.5. The summed E-state index contributed by atoms with van der Waals surface area (Å²) < 4.78 is 5.45. The molecule has 1 rings (SSSR count). The van der Waals surface area contributed by atoms with Gasteiger partial charge < -0.3 is 9.94 Å². The van der Waals surface area contributed by atoms with E-state index in [1.54, 1.807) is 0 Å². The standard InChI is InChI=1S/C12H17NO2/c1-3-9-15-11-7-5-10(6-8-11)12(4-2)13-14/h5-8,14H,3-4,9H2,1-2H3/b13-12+. The first kappa shape index (κ1) is 11.6. The lowest BCUT2D eigenvalue weighted by molar-refractivity contribution is 0.316. The molecule has 0 amide bonds. The van der Waals surface area contributed by atoms with Crippen molar-refractivity contribution in [2.45, 2.75) is 26.7 Å². The zero-order valence-electron chi connectivity index (χ0n) is 9.23. The molecule has 0 bridgehead atoms. The smallest absolute Gasteiger partial charge is 0.119 e. The molecule has 0 saturated carbocycles. The molecule has 0 fully saturated rings. The monoisotopic (exact) mass is 207 g/mol. The molecule has 0 aromatic heterocycles. The minimum atomic E-state index is 0.692. The highest BCUT2D eigenvalue weighted by Gasteiger charge is 2.01. The summed E-state index contributed by atoms with van der Waals surface area (Å²) in [4.78, 5) is 0. The largest absolute Gasteiger partial charge is 0.494 e. The SMILES string of the molecule is CCCOc1ccc(/C(CC)=N/O)cc1. The maximum absolute atomic E-state index is 8.75. The summed E-state index contributed by atoms with van der Waals surface area (Å²) in [5.41, 5.74) is 1.63. The predicted molar refractivity (Wildman–Crippen MR) is 60.8 cm³/mol. The molecule has 0 aliphatic rings. The van der Waals surface area contributed by atoms with Crippen LogP contribution in [0.15, 0.2) is 29.4 Å². The lowest BCUT2D eigenvalue weighted by atomic mass is 10.1. The van der Waals surface area contributed by atoms with Crippen LogP contribution in [-0.2, 0) is 0 Å². The summed E-state index contributed by atoms with van der Waals surface area (Å²) in [6.07, 6.45) is 1.71. The Morgan fingerprint density at radius 3 is 2.40 bits per heavy atom. The van der Waals surface area contributed by atoms with Crippen LogP contribution in [0.2, 0.25) is 0 Å². The van der Waals surface area contributed by atoms with E-state index in [9.17, 15) is 0 Å². The van der Waals surface area contributed by atoms with Gasteiger partial charge in [-0.15, -0.1) is 0 Å². The Morgan fingerprint density at radius 1 is 1.27 bits per heavy atom. The number of benzene rings is 1. The van der Waals surface area contributed by atoms with Crippen LogP contribution in [0.25, 0.3) is 0 Å². The van der Waals surface area contributed by atoms with E-state index in [-0.39, 0.29) is 0 Å². The summed E-state index contributed by atoms with van der Waals surface area (Å²) in [5, 5.41) is 12.0. The van der Waals surface area contributed by atoms with Gasteiger partial charge in [0.15, 0.2) is 0 Å². The van der Waals surface area contributed by atoms with Crippen molar-refractivity contribution in [1.29, 1.82) is 0 Å². The Hall–Kier alpha value is -1.51. The van der Waals surface area contributed by atoms with Gasteiger partial charge in [-0.3, -0.25) is 0 Å². The zero-order valence-corrected chi connectivity index (χ0v) is 9.23. The van der Waals surface area contributed by atoms with E-state index in [0.717, 1.165) is 24.3 Å². The van der Waals surface area contributed by atoms with Gasteiger partial charge >= 0.3 is 0 Å². The summed E-state index contributed by atoms with van der Waals surface area (Å²) >= 11 is 0. The Morgan fingerprint density at radius 2 is 1.93 bits per heavy atom. The van der Waals surface area contributed by atoms with Gasteiger partial charge in [-0.1, -0.05) is 19.0 Å². The zero-order chi connectivity index (χ0) is 11.1. The van der Waals surface area contributed by atoms with E-state index in [2.05, 4.69) is 12.1 Å². The lowest BCUT2D eigenvalue weighted by Gasteiger charge is -2.05. The number of hydrogen-bond donors (Lipinski definition) is 1. The van der Waals surface area contributed by atoms with Crippen molar-refractivity contribution in [2.24, 2.45) is 5.16 Å². The average molecular weight is 207 g/mol. The summed E-state index contributed by atoms with van der Waals surface area (Å²) in [6, 6.07) is 7.60. The van der Waals surface area contributed by atoms with Crippen molar-refractivity contribution in [2.75, 3.05) is 6.61 Å². The molecule has 0 heterocycles. The summed E-state index contributed by atoms with van der Waals surface area (Å²) in [6.45, 7) is 4.76. The maximum Gasteiger partial charge on any atom is 0.119 e. The van der Waals surface area contributed by atoms with Crippen LogP contribution in [0.5, 0.6) is 5.75 Å². The van der Waals surface area contributed by atoms with Gasteiger partial charge in [0.2, 0.25) is 0 Å². The van der Waals surface area contributed by atoms with Gasteiger partial charge in [-0.05, 0) is 42.7 Å². The van der Waals surface area contributed by atoms with Crippen LogP contribution in [0.3, 0.4) is 0 Å². The van der Waals surface area contributed by atoms with Gasteiger partial charge in [-0.25, -0.2) is 0 Å². The van der Waals surface area contributed by atoms with E-state index in [1.807, 2.05) is 31.2 Å². The highest BCUT2D eigenvalue weighted by Crippen LogP contribution is 2.14. The van der Waals surface area contributed by atoms with Crippen molar-refractivity contribution in [3.8, 4) is 5.75 Å². The third-order valence-corrected chi connectivity index (χ3v) is 2.12. The predicted octanol–water partition coefficient (Wildman–Crippen LogP) is 3.06. The Kier molecular flexibility index (Phi) is 4.68. The van der Waals surface area contributed by atoms with Crippen molar-refractivity contribution in [3.05, 3.63) is 29.8 Å². The van der Waals surface area contributed by atoms with Crippen LogP contribution >= 0.6 is 0 Å². The maximum atomic E-state index is 8.75. The molecule has 0 radical (unpaired) electrons. The van der Waals surface area contributed by atoms with Crippen LogP contribution in [0.4, 0.5) is 0 Å². The first-order chi connectivity index (χ1) is 7.31. The number of rotatable bonds is 5. The third kappa shape index (κ3) is 3.27. The fourth-order valence-corrected chi connectivity index (χ4v) is 1.30. The Balaban J connectivity index is 2.71. The molecule has 0 spiro atoms. The van der Waals surface area contributed by atoms with Gasteiger partial charge in [0.1, 0.15) is 5.75 Å². The first-order valence-corrected chi connectivity index (χ1v) is 5.26.